The molecular weight excluding hydrogens is 429 g/mol. The number of para-hydroxylation sites is 1. The number of aliphatic hydroxyl groups excluding tert-OH is 1. The SMILES string of the molecule is Cc1ccsc1C1C(C(=O)c2cc3ccccc3o2)=C(O)C(=O)N1Cc1ccc(F)cc1. The first-order chi connectivity index (χ1) is 15.4. The van der Waals surface area contributed by atoms with E-state index in [4.69, 9.17) is 4.42 Å². The number of nitrogens with zero attached hydrogens (tertiary/aromatic N) is 1. The summed E-state index contributed by atoms with van der Waals surface area (Å²) in [4.78, 5) is 28.8. The fourth-order valence-electron chi connectivity index (χ4n) is 4.00. The van der Waals surface area contributed by atoms with Gasteiger partial charge in [0, 0.05) is 16.8 Å². The molecule has 1 aliphatic heterocycles. The fraction of sp³-hybridized carbons (Fsp3) is 0.120. The molecule has 0 radical (unpaired) electrons. The van der Waals surface area contributed by atoms with Gasteiger partial charge in [-0.3, -0.25) is 9.59 Å². The molecular formula is C25H18FNO4S. The number of ketones is 1. The lowest BCUT2D eigenvalue weighted by Gasteiger charge is -2.26. The van der Waals surface area contributed by atoms with E-state index in [1.54, 1.807) is 30.3 Å². The summed E-state index contributed by atoms with van der Waals surface area (Å²) in [5.74, 6) is -2.09. The van der Waals surface area contributed by atoms with Gasteiger partial charge >= 0.3 is 0 Å². The highest BCUT2D eigenvalue weighted by atomic mass is 32.1. The van der Waals surface area contributed by atoms with Gasteiger partial charge in [0.1, 0.15) is 17.4 Å². The largest absolute Gasteiger partial charge is 0.503 e. The van der Waals surface area contributed by atoms with Crippen molar-refractivity contribution in [3.05, 3.63) is 105 Å². The summed E-state index contributed by atoms with van der Waals surface area (Å²) in [6.07, 6.45) is 0. The maximum absolute atomic E-state index is 13.5. The Morgan fingerprint density at radius 1 is 1.16 bits per heavy atom. The maximum atomic E-state index is 13.5. The van der Waals surface area contributed by atoms with E-state index < -0.39 is 23.5 Å². The molecule has 0 aliphatic carbocycles. The van der Waals surface area contributed by atoms with E-state index in [1.807, 2.05) is 30.5 Å². The van der Waals surface area contributed by atoms with Gasteiger partial charge in [-0.25, -0.2) is 4.39 Å². The van der Waals surface area contributed by atoms with E-state index >= 15 is 0 Å². The number of aryl methyl sites for hydroxylation is 1. The molecule has 0 fully saturated rings. The van der Waals surface area contributed by atoms with Crippen molar-refractivity contribution in [3.8, 4) is 0 Å². The molecule has 0 bridgehead atoms. The van der Waals surface area contributed by atoms with Crippen molar-refractivity contribution < 1.29 is 23.5 Å². The van der Waals surface area contributed by atoms with Crippen LogP contribution in [0, 0.1) is 12.7 Å². The number of carbonyl (C=O) groups excluding carboxylic acids is 2. The zero-order valence-corrected chi connectivity index (χ0v) is 17.9. The van der Waals surface area contributed by atoms with Crippen LogP contribution < -0.4 is 0 Å². The van der Waals surface area contributed by atoms with Crippen LogP contribution in [0.25, 0.3) is 11.0 Å². The molecule has 2 aromatic heterocycles. The monoisotopic (exact) mass is 447 g/mol. The number of rotatable bonds is 5. The second-order valence-electron chi connectivity index (χ2n) is 7.67. The predicted molar refractivity (Wildman–Crippen MR) is 119 cm³/mol. The van der Waals surface area contributed by atoms with Crippen molar-refractivity contribution in [3.63, 3.8) is 0 Å². The Bertz CT molecular complexity index is 1350. The molecule has 7 heteroatoms. The Morgan fingerprint density at radius 2 is 1.91 bits per heavy atom. The highest BCUT2D eigenvalue weighted by molar-refractivity contribution is 7.10. The number of Topliss-reactive ketones (excluding diaryl/α,β-unsaturated/α-hetero) is 1. The minimum absolute atomic E-state index is 0.0123. The molecule has 4 aromatic rings. The van der Waals surface area contributed by atoms with Gasteiger partial charge in [-0.2, -0.15) is 0 Å². The number of thiophene rings is 1. The van der Waals surface area contributed by atoms with Crippen molar-refractivity contribution >= 4 is 34.0 Å². The Hall–Kier alpha value is -3.71. The lowest BCUT2D eigenvalue weighted by molar-refractivity contribution is -0.130. The summed E-state index contributed by atoms with van der Waals surface area (Å²) in [6, 6.07) is 15.8. The molecule has 1 amide bonds. The van der Waals surface area contributed by atoms with Gasteiger partial charge in [-0.1, -0.05) is 30.3 Å². The Labute approximate surface area is 187 Å². The van der Waals surface area contributed by atoms with E-state index in [0.717, 1.165) is 15.8 Å². The number of fused-ring (bicyclic) bond motifs is 1. The quantitative estimate of drug-likeness (QED) is 0.397. The molecule has 0 saturated carbocycles. The van der Waals surface area contributed by atoms with Gasteiger partial charge in [0.2, 0.25) is 5.78 Å². The minimum Gasteiger partial charge on any atom is -0.503 e. The number of hydrogen-bond acceptors (Lipinski definition) is 5. The van der Waals surface area contributed by atoms with Gasteiger partial charge in [0.15, 0.2) is 11.5 Å². The number of carbonyl (C=O) groups is 2. The summed E-state index contributed by atoms with van der Waals surface area (Å²) in [5.41, 5.74) is 2.12. The first-order valence-corrected chi connectivity index (χ1v) is 10.9. The number of amides is 1. The van der Waals surface area contributed by atoms with Crippen LogP contribution in [0.4, 0.5) is 4.39 Å². The Balaban J connectivity index is 1.59. The molecule has 32 heavy (non-hydrogen) atoms. The summed E-state index contributed by atoms with van der Waals surface area (Å²) in [6.45, 7) is 2.01. The molecule has 0 saturated heterocycles. The number of halogens is 1. The van der Waals surface area contributed by atoms with Crippen LogP contribution in [0.1, 0.15) is 32.6 Å². The van der Waals surface area contributed by atoms with E-state index in [1.165, 1.54) is 28.4 Å². The van der Waals surface area contributed by atoms with Gasteiger partial charge in [-0.05, 0) is 53.8 Å². The van der Waals surface area contributed by atoms with Crippen LogP contribution in [0.3, 0.4) is 0 Å². The molecule has 3 heterocycles. The van der Waals surface area contributed by atoms with Crippen LogP contribution in [0.15, 0.2) is 81.8 Å². The minimum atomic E-state index is -0.770. The zero-order valence-electron chi connectivity index (χ0n) is 17.0. The van der Waals surface area contributed by atoms with Crippen LogP contribution in [-0.4, -0.2) is 21.7 Å². The van der Waals surface area contributed by atoms with Gasteiger partial charge in [0.25, 0.3) is 5.91 Å². The second kappa shape index (κ2) is 7.76. The third-order valence-electron chi connectivity index (χ3n) is 5.61. The lowest BCUT2D eigenvalue weighted by Crippen LogP contribution is -2.30. The number of hydrogen-bond donors (Lipinski definition) is 1. The van der Waals surface area contributed by atoms with Gasteiger partial charge < -0.3 is 14.4 Å². The summed E-state index contributed by atoms with van der Waals surface area (Å²) < 4.78 is 19.1. The van der Waals surface area contributed by atoms with E-state index in [2.05, 4.69) is 0 Å². The molecule has 1 unspecified atom stereocenters. The van der Waals surface area contributed by atoms with Crippen LogP contribution in [0.2, 0.25) is 0 Å². The Kier molecular flexibility index (Phi) is 4.90. The van der Waals surface area contributed by atoms with Crippen molar-refractivity contribution in [1.29, 1.82) is 0 Å². The third kappa shape index (κ3) is 3.31. The van der Waals surface area contributed by atoms with Crippen molar-refractivity contribution in [2.45, 2.75) is 19.5 Å². The highest BCUT2D eigenvalue weighted by Gasteiger charge is 2.45. The van der Waals surface area contributed by atoms with E-state index in [9.17, 15) is 19.1 Å². The zero-order chi connectivity index (χ0) is 22.4. The topological polar surface area (TPSA) is 70.7 Å². The molecule has 160 valence electrons. The maximum Gasteiger partial charge on any atom is 0.290 e. The number of benzene rings is 2. The average molecular weight is 447 g/mol. The molecule has 5 rings (SSSR count). The Morgan fingerprint density at radius 3 is 2.59 bits per heavy atom. The molecule has 2 aromatic carbocycles. The average Bonchev–Trinajstić information content (AvgIpc) is 3.47. The lowest BCUT2D eigenvalue weighted by atomic mass is 9.98. The highest BCUT2D eigenvalue weighted by Crippen LogP contribution is 2.43. The second-order valence-corrected chi connectivity index (χ2v) is 8.62. The standard InChI is InChI=1S/C25H18FNO4S/c1-14-10-11-32-24(14)21-20(22(28)19-12-16-4-2-3-5-18(16)31-19)23(29)25(30)27(21)13-15-6-8-17(26)9-7-15/h2-12,21,29H,13H2,1H3. The number of furan rings is 1. The van der Waals surface area contributed by atoms with Crippen molar-refractivity contribution in [2.24, 2.45) is 0 Å². The summed E-state index contributed by atoms with van der Waals surface area (Å²) >= 11 is 1.41. The van der Waals surface area contributed by atoms with Crippen molar-refractivity contribution in [1.82, 2.24) is 4.90 Å². The fourth-order valence-corrected chi connectivity index (χ4v) is 5.05. The smallest absolute Gasteiger partial charge is 0.290 e. The van der Waals surface area contributed by atoms with E-state index in [0.29, 0.717) is 11.1 Å². The number of aliphatic hydroxyl groups is 1. The predicted octanol–water partition coefficient (Wildman–Crippen LogP) is 5.72. The molecule has 5 nitrogen and oxygen atoms in total. The molecule has 0 spiro atoms. The molecule has 1 N–H and O–H groups in total. The normalized spacial score (nSPS) is 16.4. The van der Waals surface area contributed by atoms with Crippen LogP contribution in [0.5, 0.6) is 0 Å². The van der Waals surface area contributed by atoms with Crippen LogP contribution >= 0.6 is 11.3 Å². The third-order valence-corrected chi connectivity index (χ3v) is 6.69. The first-order valence-electron chi connectivity index (χ1n) is 10.00. The van der Waals surface area contributed by atoms with Gasteiger partial charge in [-0.15, -0.1) is 11.3 Å². The van der Waals surface area contributed by atoms with Crippen molar-refractivity contribution in [2.75, 3.05) is 0 Å². The van der Waals surface area contributed by atoms with Crippen LogP contribution in [-0.2, 0) is 11.3 Å². The molecule has 1 aliphatic rings. The molecule has 1 atom stereocenters. The summed E-state index contributed by atoms with van der Waals surface area (Å²) in [5, 5.41) is 13.4. The first kappa shape index (κ1) is 20.2. The summed E-state index contributed by atoms with van der Waals surface area (Å²) in [7, 11) is 0. The van der Waals surface area contributed by atoms with E-state index in [-0.39, 0.29) is 23.7 Å². The van der Waals surface area contributed by atoms with Gasteiger partial charge in [0.05, 0.1) is 5.57 Å².